The van der Waals surface area contributed by atoms with E-state index in [0.717, 1.165) is 12.1 Å². The Morgan fingerprint density at radius 1 is 0.706 bits per heavy atom. The van der Waals surface area contributed by atoms with Gasteiger partial charge in [0.25, 0.3) is 0 Å². The summed E-state index contributed by atoms with van der Waals surface area (Å²) in [4.78, 5) is 0. The average Bonchev–Trinajstić information content (AvgIpc) is 2.37. The van der Waals surface area contributed by atoms with Crippen LogP contribution >= 0.6 is 0 Å². The highest BCUT2D eigenvalue weighted by atomic mass is 28.3. The number of terminal acetylenes is 2. The minimum absolute atomic E-state index is 1.14. The van der Waals surface area contributed by atoms with E-state index in [9.17, 15) is 0 Å². The molecule has 0 unspecified atom stereocenters. The minimum atomic E-state index is -1.79. The SMILES string of the molecule is C#C[Si](C#C)(CCCCCC)CCCCCC. The fraction of sp³-hybridized carbons (Fsp3) is 0.750. The summed E-state index contributed by atoms with van der Waals surface area (Å²) in [6.45, 7) is 4.47. The van der Waals surface area contributed by atoms with Crippen LogP contribution in [0.3, 0.4) is 0 Å². The van der Waals surface area contributed by atoms with Gasteiger partial charge in [-0.2, -0.15) is 0 Å². The largest absolute Gasteiger partial charge is 0.216 e. The van der Waals surface area contributed by atoms with Crippen molar-refractivity contribution in [3.05, 3.63) is 0 Å². The predicted molar refractivity (Wildman–Crippen MR) is 81.3 cm³/mol. The third kappa shape index (κ3) is 7.30. The highest BCUT2D eigenvalue weighted by molar-refractivity contribution is 6.94. The Morgan fingerprint density at radius 2 is 1.12 bits per heavy atom. The Morgan fingerprint density at radius 3 is 1.41 bits per heavy atom. The molecule has 0 aliphatic rings. The van der Waals surface area contributed by atoms with Crippen LogP contribution in [0.15, 0.2) is 0 Å². The number of hydrogen-bond acceptors (Lipinski definition) is 0. The van der Waals surface area contributed by atoms with E-state index in [-0.39, 0.29) is 0 Å². The van der Waals surface area contributed by atoms with Crippen molar-refractivity contribution in [3.63, 3.8) is 0 Å². The van der Waals surface area contributed by atoms with Crippen LogP contribution in [0.5, 0.6) is 0 Å². The van der Waals surface area contributed by atoms with Gasteiger partial charge >= 0.3 is 0 Å². The van der Waals surface area contributed by atoms with Crippen molar-refractivity contribution >= 4 is 8.07 Å². The van der Waals surface area contributed by atoms with Gasteiger partial charge in [-0.3, -0.25) is 0 Å². The highest BCUT2D eigenvalue weighted by Gasteiger charge is 2.27. The fourth-order valence-corrected chi connectivity index (χ4v) is 4.78. The van der Waals surface area contributed by atoms with Crippen LogP contribution in [0.2, 0.25) is 12.1 Å². The van der Waals surface area contributed by atoms with Crippen molar-refractivity contribution in [1.82, 2.24) is 0 Å². The maximum Gasteiger partial charge on any atom is 0.216 e. The monoisotopic (exact) mass is 248 g/mol. The van der Waals surface area contributed by atoms with Gasteiger partial charge in [0.1, 0.15) is 0 Å². The number of unbranched alkanes of at least 4 members (excludes halogenated alkanes) is 6. The molecule has 0 amide bonds. The molecule has 0 saturated carbocycles. The molecule has 0 rings (SSSR count). The van der Waals surface area contributed by atoms with Crippen molar-refractivity contribution in [1.29, 1.82) is 0 Å². The van der Waals surface area contributed by atoms with E-state index in [1.54, 1.807) is 0 Å². The predicted octanol–water partition coefficient (Wildman–Crippen LogP) is 4.94. The lowest BCUT2D eigenvalue weighted by atomic mass is 10.2. The molecule has 0 atom stereocenters. The van der Waals surface area contributed by atoms with Gasteiger partial charge < -0.3 is 0 Å². The van der Waals surface area contributed by atoms with E-state index < -0.39 is 8.07 Å². The second-order valence-corrected chi connectivity index (χ2v) is 8.73. The third-order valence-corrected chi connectivity index (χ3v) is 6.99. The van der Waals surface area contributed by atoms with E-state index in [2.05, 4.69) is 24.9 Å². The van der Waals surface area contributed by atoms with Crippen molar-refractivity contribution in [2.24, 2.45) is 0 Å². The molecule has 0 fully saturated rings. The summed E-state index contributed by atoms with van der Waals surface area (Å²) < 4.78 is 0. The smallest absolute Gasteiger partial charge is 0.126 e. The molecule has 0 radical (unpaired) electrons. The van der Waals surface area contributed by atoms with Gasteiger partial charge in [-0.1, -0.05) is 65.2 Å². The quantitative estimate of drug-likeness (QED) is 0.292. The summed E-state index contributed by atoms with van der Waals surface area (Å²) in [5.41, 5.74) is 6.04. The van der Waals surface area contributed by atoms with Crippen LogP contribution in [0, 0.1) is 23.9 Å². The Kier molecular flexibility index (Phi) is 10.1. The molecule has 0 N–H and O–H groups in total. The first-order chi connectivity index (χ1) is 8.24. The molecule has 0 aliphatic heterocycles. The van der Waals surface area contributed by atoms with E-state index in [4.69, 9.17) is 12.8 Å². The lowest BCUT2D eigenvalue weighted by Crippen LogP contribution is -2.30. The molecular formula is C16H28Si. The fourth-order valence-electron chi connectivity index (χ4n) is 2.16. The van der Waals surface area contributed by atoms with Crippen molar-refractivity contribution in [3.8, 4) is 23.9 Å². The Hall–Kier alpha value is -0.663. The topological polar surface area (TPSA) is 0 Å². The summed E-state index contributed by atoms with van der Waals surface area (Å²) >= 11 is 0. The van der Waals surface area contributed by atoms with Crippen LogP contribution in [0.1, 0.15) is 65.2 Å². The Bertz CT molecular complexity index is 226. The molecule has 17 heavy (non-hydrogen) atoms. The Balaban J connectivity index is 4.00. The zero-order chi connectivity index (χ0) is 13.0. The van der Waals surface area contributed by atoms with E-state index in [1.807, 2.05) is 0 Å². The van der Waals surface area contributed by atoms with Gasteiger partial charge in [0.2, 0.25) is 8.07 Å². The van der Waals surface area contributed by atoms with Crippen LogP contribution in [-0.4, -0.2) is 8.07 Å². The Labute approximate surface area is 110 Å². The van der Waals surface area contributed by atoms with Crippen LogP contribution in [0.25, 0.3) is 0 Å². The maximum absolute atomic E-state index is 5.72. The first-order valence-electron chi connectivity index (χ1n) is 7.20. The van der Waals surface area contributed by atoms with Gasteiger partial charge in [-0.05, 0) is 12.1 Å². The zero-order valence-corrected chi connectivity index (χ0v) is 12.7. The number of hydrogen-bond donors (Lipinski definition) is 0. The van der Waals surface area contributed by atoms with Crippen LogP contribution < -0.4 is 0 Å². The lowest BCUT2D eigenvalue weighted by Gasteiger charge is -2.19. The minimum Gasteiger partial charge on any atom is -0.126 e. The summed E-state index contributed by atoms with van der Waals surface area (Å²) in [6, 6.07) is 2.29. The highest BCUT2D eigenvalue weighted by Crippen LogP contribution is 2.22. The first-order valence-corrected chi connectivity index (χ1v) is 9.61. The van der Waals surface area contributed by atoms with E-state index in [0.29, 0.717) is 0 Å². The molecule has 0 aliphatic carbocycles. The molecule has 0 bridgehead atoms. The molecule has 0 spiro atoms. The molecular weight excluding hydrogens is 220 g/mol. The van der Waals surface area contributed by atoms with Gasteiger partial charge in [-0.25, -0.2) is 0 Å². The molecule has 1 heteroatoms. The van der Waals surface area contributed by atoms with Crippen molar-refractivity contribution in [2.75, 3.05) is 0 Å². The van der Waals surface area contributed by atoms with E-state index >= 15 is 0 Å². The first kappa shape index (κ1) is 16.3. The van der Waals surface area contributed by atoms with Gasteiger partial charge in [0.15, 0.2) is 0 Å². The van der Waals surface area contributed by atoms with Crippen molar-refractivity contribution in [2.45, 2.75) is 77.3 Å². The molecule has 0 aromatic carbocycles. The normalized spacial score (nSPS) is 10.8. The molecule has 0 nitrogen and oxygen atoms in total. The molecule has 0 saturated heterocycles. The lowest BCUT2D eigenvalue weighted by molar-refractivity contribution is 0.685. The third-order valence-electron chi connectivity index (χ3n) is 3.47. The summed E-state index contributed by atoms with van der Waals surface area (Å²) in [5.74, 6) is 0. The zero-order valence-electron chi connectivity index (χ0n) is 11.7. The van der Waals surface area contributed by atoms with Crippen molar-refractivity contribution < 1.29 is 0 Å². The molecule has 0 aromatic heterocycles. The second-order valence-electron chi connectivity index (χ2n) is 4.99. The van der Waals surface area contributed by atoms with E-state index in [1.165, 1.54) is 51.4 Å². The van der Waals surface area contributed by atoms with Gasteiger partial charge in [-0.15, -0.1) is 23.9 Å². The van der Waals surface area contributed by atoms with Gasteiger partial charge in [0, 0.05) is 0 Å². The molecule has 0 aromatic rings. The van der Waals surface area contributed by atoms with Gasteiger partial charge in [0.05, 0.1) is 0 Å². The van der Waals surface area contributed by atoms with Crippen LogP contribution in [-0.2, 0) is 0 Å². The number of rotatable bonds is 10. The summed E-state index contributed by atoms with van der Waals surface area (Å²) in [7, 11) is -1.79. The van der Waals surface area contributed by atoms with Crippen LogP contribution in [0.4, 0.5) is 0 Å². The second kappa shape index (κ2) is 10.5. The average molecular weight is 248 g/mol. The molecule has 0 heterocycles. The molecule has 96 valence electrons. The maximum atomic E-state index is 5.72. The standard InChI is InChI=1S/C16H28Si/c1-5-9-11-13-15-17(7-3,8-4)16-14-12-10-6-2/h3-4H,5-6,9-16H2,1-2H3. The summed E-state index contributed by atoms with van der Waals surface area (Å²) in [6.07, 6.45) is 21.7. The summed E-state index contributed by atoms with van der Waals surface area (Å²) in [5, 5.41) is 0.